The van der Waals surface area contributed by atoms with Crippen LogP contribution in [0.1, 0.15) is 18.9 Å². The number of halogens is 2. The van der Waals surface area contributed by atoms with Gasteiger partial charge >= 0.3 is 0 Å². The summed E-state index contributed by atoms with van der Waals surface area (Å²) in [4.78, 5) is 11.7. The summed E-state index contributed by atoms with van der Waals surface area (Å²) in [5.41, 5.74) is 0.701. The lowest BCUT2D eigenvalue weighted by atomic mass is 10.0. The highest BCUT2D eigenvalue weighted by Gasteiger charge is 2.16. The highest BCUT2D eigenvalue weighted by Crippen LogP contribution is 2.17. The van der Waals surface area contributed by atoms with Crippen molar-refractivity contribution >= 4 is 17.4 Å². The second-order valence-corrected chi connectivity index (χ2v) is 3.93. The van der Waals surface area contributed by atoms with Crippen LogP contribution in [-0.4, -0.2) is 19.0 Å². The van der Waals surface area contributed by atoms with E-state index in [1.807, 2.05) is 6.92 Å². The molecule has 0 N–H and O–H groups in total. The van der Waals surface area contributed by atoms with Crippen LogP contribution < -0.4 is 0 Å². The lowest BCUT2D eigenvalue weighted by Crippen LogP contribution is -2.23. The van der Waals surface area contributed by atoms with Gasteiger partial charge in [-0.15, -0.1) is 0 Å². The van der Waals surface area contributed by atoms with Crippen molar-refractivity contribution in [2.24, 2.45) is 0 Å². The third kappa shape index (κ3) is 3.29. The molecule has 4 heteroatoms. The third-order valence-electron chi connectivity index (χ3n) is 2.38. The summed E-state index contributed by atoms with van der Waals surface area (Å²) in [6.45, 7) is 1.88. The SMILES string of the molecule is CCC(OC)C(=O)Cc1ccc(F)c(Cl)c1. The van der Waals surface area contributed by atoms with Gasteiger partial charge in [0, 0.05) is 13.5 Å². The standard InChI is InChI=1S/C12H14ClFO2/c1-3-12(16-2)11(15)7-8-4-5-10(14)9(13)6-8/h4-6,12H,3,7H2,1-2H3. The number of methoxy groups -OCH3 is 1. The first-order valence-corrected chi connectivity index (χ1v) is 5.45. The minimum atomic E-state index is -0.475. The highest BCUT2D eigenvalue weighted by molar-refractivity contribution is 6.30. The van der Waals surface area contributed by atoms with Gasteiger partial charge in [-0.2, -0.15) is 0 Å². The predicted octanol–water partition coefficient (Wildman–Crippen LogP) is 3.02. The molecule has 1 unspecified atom stereocenters. The number of carbonyl (C=O) groups is 1. The fourth-order valence-electron chi connectivity index (χ4n) is 1.49. The summed E-state index contributed by atoms with van der Waals surface area (Å²) in [6, 6.07) is 4.29. The number of hydrogen-bond donors (Lipinski definition) is 0. The van der Waals surface area contributed by atoms with Crippen molar-refractivity contribution in [2.45, 2.75) is 25.9 Å². The van der Waals surface area contributed by atoms with Crippen LogP contribution in [0.15, 0.2) is 18.2 Å². The average molecular weight is 245 g/mol. The van der Waals surface area contributed by atoms with Gasteiger partial charge in [0.15, 0.2) is 5.78 Å². The Bertz CT molecular complexity index is 375. The number of rotatable bonds is 5. The second-order valence-electron chi connectivity index (χ2n) is 3.52. The number of carbonyl (C=O) groups excluding carboxylic acids is 1. The Balaban J connectivity index is 2.73. The molecule has 88 valence electrons. The van der Waals surface area contributed by atoms with Gasteiger partial charge in [-0.3, -0.25) is 4.79 Å². The summed E-state index contributed by atoms with van der Waals surface area (Å²) < 4.78 is 17.9. The molecule has 1 rings (SSSR count). The summed E-state index contributed by atoms with van der Waals surface area (Å²) in [7, 11) is 1.50. The van der Waals surface area contributed by atoms with Crippen LogP contribution in [0.3, 0.4) is 0 Å². The van der Waals surface area contributed by atoms with Gasteiger partial charge in [-0.1, -0.05) is 24.6 Å². The Hall–Kier alpha value is -0.930. The summed E-state index contributed by atoms with van der Waals surface area (Å²) in [5, 5.41) is 0.0377. The quantitative estimate of drug-likeness (QED) is 0.796. The van der Waals surface area contributed by atoms with Gasteiger partial charge in [0.2, 0.25) is 0 Å². The van der Waals surface area contributed by atoms with E-state index in [-0.39, 0.29) is 17.2 Å². The van der Waals surface area contributed by atoms with Gasteiger partial charge < -0.3 is 4.74 Å². The topological polar surface area (TPSA) is 26.3 Å². The maximum absolute atomic E-state index is 12.9. The van der Waals surface area contributed by atoms with Crippen molar-refractivity contribution in [3.63, 3.8) is 0 Å². The largest absolute Gasteiger partial charge is 0.374 e. The fourth-order valence-corrected chi connectivity index (χ4v) is 1.69. The average Bonchev–Trinajstić information content (AvgIpc) is 2.25. The second kappa shape index (κ2) is 5.97. The smallest absolute Gasteiger partial charge is 0.165 e. The van der Waals surface area contributed by atoms with Gasteiger partial charge in [0.25, 0.3) is 0 Å². The van der Waals surface area contributed by atoms with E-state index in [0.717, 1.165) is 0 Å². The van der Waals surface area contributed by atoms with Crippen LogP contribution in [0, 0.1) is 5.82 Å². The zero-order valence-electron chi connectivity index (χ0n) is 9.30. The Labute approximate surface area is 99.4 Å². The number of ether oxygens (including phenoxy) is 1. The molecule has 0 aliphatic heterocycles. The fraction of sp³-hybridized carbons (Fsp3) is 0.417. The first-order chi connectivity index (χ1) is 7.58. The first-order valence-electron chi connectivity index (χ1n) is 5.08. The van der Waals surface area contributed by atoms with E-state index >= 15 is 0 Å². The molecule has 16 heavy (non-hydrogen) atoms. The van der Waals surface area contributed by atoms with Crippen LogP contribution in [-0.2, 0) is 16.0 Å². The van der Waals surface area contributed by atoms with Crippen molar-refractivity contribution < 1.29 is 13.9 Å². The monoisotopic (exact) mass is 244 g/mol. The summed E-state index contributed by atoms with van der Waals surface area (Å²) in [6.07, 6.45) is 0.445. The van der Waals surface area contributed by atoms with Crippen LogP contribution in [0.5, 0.6) is 0 Å². The lowest BCUT2D eigenvalue weighted by molar-refractivity contribution is -0.128. The summed E-state index contributed by atoms with van der Waals surface area (Å²) in [5.74, 6) is -0.496. The van der Waals surface area contributed by atoms with Crippen molar-refractivity contribution in [3.8, 4) is 0 Å². The molecule has 0 saturated heterocycles. The molecule has 1 aromatic rings. The van der Waals surface area contributed by atoms with E-state index < -0.39 is 11.9 Å². The molecule has 0 bridgehead atoms. The van der Waals surface area contributed by atoms with Crippen molar-refractivity contribution in [1.29, 1.82) is 0 Å². The van der Waals surface area contributed by atoms with Gasteiger partial charge in [0.1, 0.15) is 11.9 Å². The van der Waals surface area contributed by atoms with Gasteiger partial charge in [0.05, 0.1) is 5.02 Å². The molecular formula is C12H14ClFO2. The van der Waals surface area contributed by atoms with Gasteiger partial charge in [-0.05, 0) is 24.1 Å². The molecule has 0 fully saturated rings. The molecule has 0 saturated carbocycles. The molecule has 0 heterocycles. The van der Waals surface area contributed by atoms with Crippen molar-refractivity contribution in [2.75, 3.05) is 7.11 Å². The van der Waals surface area contributed by atoms with Crippen LogP contribution in [0.25, 0.3) is 0 Å². The number of Topliss-reactive ketones (excluding diaryl/α,β-unsaturated/α-hetero) is 1. The highest BCUT2D eigenvalue weighted by atomic mass is 35.5. The van der Waals surface area contributed by atoms with Crippen molar-refractivity contribution in [1.82, 2.24) is 0 Å². The Morgan fingerprint density at radius 3 is 2.75 bits per heavy atom. The molecule has 0 spiro atoms. The van der Waals surface area contributed by atoms with E-state index in [2.05, 4.69) is 0 Å². The number of hydrogen-bond acceptors (Lipinski definition) is 2. The van der Waals surface area contributed by atoms with Crippen LogP contribution in [0.2, 0.25) is 5.02 Å². The van der Waals surface area contributed by atoms with E-state index in [4.69, 9.17) is 16.3 Å². The molecule has 0 aliphatic rings. The van der Waals surface area contributed by atoms with Gasteiger partial charge in [-0.25, -0.2) is 4.39 Å². The minimum Gasteiger partial charge on any atom is -0.374 e. The minimum absolute atomic E-state index is 0.0207. The van der Waals surface area contributed by atoms with Crippen LogP contribution in [0.4, 0.5) is 4.39 Å². The lowest BCUT2D eigenvalue weighted by Gasteiger charge is -2.11. The van der Waals surface area contributed by atoms with E-state index in [0.29, 0.717) is 12.0 Å². The third-order valence-corrected chi connectivity index (χ3v) is 2.67. The van der Waals surface area contributed by atoms with E-state index in [1.165, 1.54) is 19.2 Å². The first kappa shape index (κ1) is 13.1. The molecule has 2 nitrogen and oxygen atoms in total. The summed E-state index contributed by atoms with van der Waals surface area (Å²) >= 11 is 5.63. The zero-order valence-corrected chi connectivity index (χ0v) is 10.1. The maximum Gasteiger partial charge on any atom is 0.165 e. The van der Waals surface area contributed by atoms with E-state index in [1.54, 1.807) is 6.07 Å². The predicted molar refractivity (Wildman–Crippen MR) is 61.2 cm³/mol. The molecule has 1 atom stereocenters. The zero-order chi connectivity index (χ0) is 12.1. The Kier molecular flexibility index (Phi) is 4.90. The number of ketones is 1. The molecular weight excluding hydrogens is 231 g/mol. The molecule has 1 aromatic carbocycles. The van der Waals surface area contributed by atoms with Crippen molar-refractivity contribution in [3.05, 3.63) is 34.6 Å². The Morgan fingerprint density at radius 2 is 2.25 bits per heavy atom. The molecule has 0 amide bonds. The normalized spacial score (nSPS) is 12.5. The maximum atomic E-state index is 12.9. The van der Waals surface area contributed by atoms with Crippen LogP contribution >= 0.6 is 11.6 Å². The molecule has 0 aliphatic carbocycles. The molecule has 0 radical (unpaired) electrons. The Morgan fingerprint density at radius 1 is 1.56 bits per heavy atom. The van der Waals surface area contributed by atoms with E-state index in [9.17, 15) is 9.18 Å². The molecule has 0 aromatic heterocycles. The number of benzene rings is 1.